The van der Waals surface area contributed by atoms with Crippen molar-refractivity contribution in [2.45, 2.75) is 83.7 Å². The van der Waals surface area contributed by atoms with Crippen LogP contribution in [0.2, 0.25) is 5.82 Å². The minimum atomic E-state index is -0.0434. The van der Waals surface area contributed by atoms with E-state index in [1.165, 1.54) is 32.1 Å². The van der Waals surface area contributed by atoms with Crippen LogP contribution < -0.4 is 0 Å². The minimum absolute atomic E-state index is 0.0129. The second-order valence-electron chi connectivity index (χ2n) is 8.39. The molecule has 1 aliphatic heterocycles. The van der Waals surface area contributed by atoms with Gasteiger partial charge in [-0.1, -0.05) is 39.7 Å². The number of hydrogen-bond acceptors (Lipinski definition) is 2. The Morgan fingerprint density at radius 3 is 2.71 bits per heavy atom. The van der Waals surface area contributed by atoms with Gasteiger partial charge in [0.2, 0.25) is 0 Å². The summed E-state index contributed by atoms with van der Waals surface area (Å²) in [5, 5.41) is 0. The number of rotatable bonds is 6. The lowest BCUT2D eigenvalue weighted by atomic mass is 9.43. The van der Waals surface area contributed by atoms with Gasteiger partial charge in [0.15, 0.2) is 0 Å². The number of allylic oxidation sites excluding steroid dienone is 1. The molecule has 4 aliphatic rings. The Morgan fingerprint density at radius 1 is 1.29 bits per heavy atom. The summed E-state index contributed by atoms with van der Waals surface area (Å²) >= 11 is 0. The van der Waals surface area contributed by atoms with Gasteiger partial charge in [0.05, 0.1) is 11.7 Å². The molecular formula is C18H31BO2. The summed E-state index contributed by atoms with van der Waals surface area (Å²) < 4.78 is 12.9. The molecule has 4 fully saturated rings. The molecule has 0 aromatic carbocycles. The second kappa shape index (κ2) is 5.42. The highest BCUT2D eigenvalue weighted by Crippen LogP contribution is 2.66. The molecule has 4 rings (SSSR count). The Kier molecular flexibility index (Phi) is 4.03. The summed E-state index contributed by atoms with van der Waals surface area (Å²) in [4.78, 5) is 0. The second-order valence-corrected chi connectivity index (χ2v) is 8.39. The molecule has 118 valence electrons. The van der Waals surface area contributed by atoms with Crippen LogP contribution in [-0.2, 0) is 9.31 Å². The Hall–Kier alpha value is -0.275. The van der Waals surface area contributed by atoms with E-state index < -0.39 is 0 Å². The highest BCUT2D eigenvalue weighted by atomic mass is 16.7. The summed E-state index contributed by atoms with van der Waals surface area (Å²) in [5.41, 5.74) is 0.398. The van der Waals surface area contributed by atoms with Crippen molar-refractivity contribution in [2.75, 3.05) is 0 Å². The molecular weight excluding hydrogens is 259 g/mol. The molecule has 3 aliphatic carbocycles. The third-order valence-corrected chi connectivity index (χ3v) is 6.75. The van der Waals surface area contributed by atoms with Crippen molar-refractivity contribution in [1.82, 2.24) is 0 Å². The Morgan fingerprint density at radius 2 is 2.05 bits per heavy atom. The van der Waals surface area contributed by atoms with Crippen LogP contribution in [0.4, 0.5) is 0 Å². The SMILES string of the molecule is C=CCCCC[C@H](C)B1OC2CC3CC(C3(C)C)C2(C)O1. The first-order chi connectivity index (χ1) is 9.89. The first-order valence-corrected chi connectivity index (χ1v) is 8.83. The Labute approximate surface area is 130 Å². The number of hydrogen-bond donors (Lipinski definition) is 0. The Bertz CT molecular complexity index is 408. The first-order valence-electron chi connectivity index (χ1n) is 8.83. The zero-order valence-corrected chi connectivity index (χ0v) is 14.2. The van der Waals surface area contributed by atoms with E-state index in [9.17, 15) is 0 Å². The lowest BCUT2D eigenvalue weighted by Crippen LogP contribution is -2.65. The monoisotopic (exact) mass is 290 g/mol. The topological polar surface area (TPSA) is 18.5 Å². The van der Waals surface area contributed by atoms with E-state index in [4.69, 9.17) is 9.31 Å². The predicted octanol–water partition coefficient (Wildman–Crippen LogP) is 4.85. The largest absolute Gasteiger partial charge is 0.460 e. The van der Waals surface area contributed by atoms with Crippen molar-refractivity contribution >= 4 is 7.12 Å². The summed E-state index contributed by atoms with van der Waals surface area (Å²) in [6.45, 7) is 13.2. The molecule has 4 unspecified atom stereocenters. The molecule has 0 aromatic heterocycles. The van der Waals surface area contributed by atoms with Crippen LogP contribution in [0.5, 0.6) is 0 Å². The van der Waals surface area contributed by atoms with Crippen molar-refractivity contribution < 1.29 is 9.31 Å². The molecule has 0 spiro atoms. The van der Waals surface area contributed by atoms with Gasteiger partial charge >= 0.3 is 7.12 Å². The molecule has 21 heavy (non-hydrogen) atoms. The number of unbranched alkanes of at least 4 members (excludes halogenated alkanes) is 2. The van der Waals surface area contributed by atoms with Crippen LogP contribution in [0, 0.1) is 17.3 Å². The van der Waals surface area contributed by atoms with Crippen LogP contribution in [0.1, 0.15) is 66.2 Å². The molecule has 1 heterocycles. The Balaban J connectivity index is 1.58. The zero-order chi connectivity index (χ0) is 15.3. The summed E-state index contributed by atoms with van der Waals surface area (Å²) in [6.07, 6.45) is 9.67. The van der Waals surface area contributed by atoms with E-state index in [0.29, 0.717) is 23.3 Å². The minimum Gasteiger partial charge on any atom is -0.405 e. The van der Waals surface area contributed by atoms with Gasteiger partial charge < -0.3 is 9.31 Å². The highest BCUT2D eigenvalue weighted by Gasteiger charge is 2.68. The van der Waals surface area contributed by atoms with E-state index in [1.807, 2.05) is 6.08 Å². The van der Waals surface area contributed by atoms with E-state index >= 15 is 0 Å². The molecule has 0 radical (unpaired) electrons. The third kappa shape index (κ3) is 2.41. The fraction of sp³-hybridized carbons (Fsp3) is 0.889. The smallest absolute Gasteiger partial charge is 0.405 e. The normalized spacial score (nSPS) is 41.3. The molecule has 0 amide bonds. The molecule has 1 saturated heterocycles. The van der Waals surface area contributed by atoms with Crippen LogP contribution in [0.15, 0.2) is 12.7 Å². The predicted molar refractivity (Wildman–Crippen MR) is 88.2 cm³/mol. The summed E-state index contributed by atoms with van der Waals surface area (Å²) in [6, 6.07) is 0. The molecule has 2 nitrogen and oxygen atoms in total. The first kappa shape index (κ1) is 15.6. The fourth-order valence-corrected chi connectivity index (χ4v) is 5.04. The maximum absolute atomic E-state index is 6.52. The third-order valence-electron chi connectivity index (χ3n) is 6.75. The maximum atomic E-state index is 6.52. The maximum Gasteiger partial charge on any atom is 0.460 e. The van der Waals surface area contributed by atoms with E-state index in [1.54, 1.807) is 0 Å². The van der Waals surface area contributed by atoms with Crippen molar-refractivity contribution in [3.05, 3.63) is 12.7 Å². The molecule has 0 N–H and O–H groups in total. The molecule has 3 heteroatoms. The van der Waals surface area contributed by atoms with Crippen LogP contribution in [-0.4, -0.2) is 18.8 Å². The molecule has 0 aromatic rings. The van der Waals surface area contributed by atoms with Crippen LogP contribution >= 0.6 is 0 Å². The van der Waals surface area contributed by atoms with E-state index in [2.05, 4.69) is 34.3 Å². The van der Waals surface area contributed by atoms with Gasteiger partial charge in [0.1, 0.15) is 0 Å². The standard InChI is InChI=1S/C18H31BO2/c1-6-7-8-9-10-13(2)19-20-16-12-14-11-15(17(14,3)4)18(16,5)21-19/h6,13-16H,1,7-12H2,2-5H3/t13-,14?,15?,16?,18?/m0/s1. The van der Waals surface area contributed by atoms with Gasteiger partial charge in [-0.2, -0.15) is 0 Å². The van der Waals surface area contributed by atoms with Gasteiger partial charge in [0, 0.05) is 0 Å². The fourth-order valence-electron chi connectivity index (χ4n) is 5.04. The van der Waals surface area contributed by atoms with Gasteiger partial charge in [-0.15, -0.1) is 6.58 Å². The molecule has 2 bridgehead atoms. The van der Waals surface area contributed by atoms with Gasteiger partial charge in [-0.25, -0.2) is 0 Å². The van der Waals surface area contributed by atoms with E-state index in [-0.39, 0.29) is 12.7 Å². The van der Waals surface area contributed by atoms with Crippen molar-refractivity contribution in [3.63, 3.8) is 0 Å². The highest BCUT2D eigenvalue weighted by molar-refractivity contribution is 6.47. The summed E-state index contributed by atoms with van der Waals surface area (Å²) in [5.74, 6) is 2.01. The lowest BCUT2D eigenvalue weighted by molar-refractivity contribution is -0.199. The van der Waals surface area contributed by atoms with E-state index in [0.717, 1.165) is 12.3 Å². The summed E-state index contributed by atoms with van der Waals surface area (Å²) in [7, 11) is 0.0129. The van der Waals surface area contributed by atoms with Gasteiger partial charge in [-0.05, 0) is 55.7 Å². The molecule has 3 saturated carbocycles. The van der Waals surface area contributed by atoms with Gasteiger partial charge in [-0.3, -0.25) is 0 Å². The average Bonchev–Trinajstić information content (AvgIpc) is 2.80. The average molecular weight is 290 g/mol. The quantitative estimate of drug-likeness (QED) is 0.395. The van der Waals surface area contributed by atoms with Crippen LogP contribution in [0.25, 0.3) is 0 Å². The van der Waals surface area contributed by atoms with Crippen molar-refractivity contribution in [2.24, 2.45) is 17.3 Å². The van der Waals surface area contributed by atoms with Gasteiger partial charge in [0.25, 0.3) is 0 Å². The zero-order valence-electron chi connectivity index (χ0n) is 14.2. The molecule has 5 atom stereocenters. The lowest BCUT2D eigenvalue weighted by Gasteiger charge is -2.64. The van der Waals surface area contributed by atoms with Crippen molar-refractivity contribution in [1.29, 1.82) is 0 Å². The van der Waals surface area contributed by atoms with Crippen LogP contribution in [0.3, 0.4) is 0 Å². The van der Waals surface area contributed by atoms with Crippen molar-refractivity contribution in [3.8, 4) is 0 Å².